The lowest BCUT2D eigenvalue weighted by atomic mass is 10.2. The van der Waals surface area contributed by atoms with Crippen molar-refractivity contribution in [2.45, 2.75) is 25.5 Å². The second-order valence-electron chi connectivity index (χ2n) is 4.71. The molecule has 0 saturated carbocycles. The van der Waals surface area contributed by atoms with Gasteiger partial charge >= 0.3 is 11.9 Å². The van der Waals surface area contributed by atoms with Gasteiger partial charge in [0.25, 0.3) is 0 Å². The largest absolute Gasteiger partial charge is 0.489 e. The van der Waals surface area contributed by atoms with Gasteiger partial charge in [0.05, 0.1) is 19.3 Å². The van der Waals surface area contributed by atoms with E-state index in [4.69, 9.17) is 14.2 Å². The zero-order valence-electron chi connectivity index (χ0n) is 12.5. The van der Waals surface area contributed by atoms with E-state index in [1.807, 2.05) is 0 Å². The van der Waals surface area contributed by atoms with Crippen LogP contribution in [0.3, 0.4) is 0 Å². The minimum absolute atomic E-state index is 0. The molecule has 0 bridgehead atoms. The van der Waals surface area contributed by atoms with Crippen molar-refractivity contribution in [1.82, 2.24) is 5.32 Å². The molecule has 6 nitrogen and oxygen atoms in total. The Kier molecular flexibility index (Phi) is 7.14. The SMILES string of the molecule is CCOC(=O)c1cccc(OC2CNC(C(=O)OC)C2)c1.Cl. The number of methoxy groups -OCH3 is 1. The molecule has 0 aliphatic carbocycles. The molecule has 2 atom stereocenters. The average molecular weight is 330 g/mol. The standard InChI is InChI=1S/C15H19NO5.ClH/c1-3-20-14(17)10-5-4-6-11(7-10)21-12-8-13(16-9-12)15(18)19-2;/h4-7,12-13,16H,3,8-9H2,1-2H3;1H. The predicted molar refractivity (Wildman–Crippen MR) is 82.5 cm³/mol. The summed E-state index contributed by atoms with van der Waals surface area (Å²) >= 11 is 0. The fourth-order valence-corrected chi connectivity index (χ4v) is 2.22. The third kappa shape index (κ3) is 4.61. The molecule has 1 aliphatic heterocycles. The van der Waals surface area contributed by atoms with Crippen molar-refractivity contribution in [3.05, 3.63) is 29.8 Å². The van der Waals surface area contributed by atoms with Crippen molar-refractivity contribution >= 4 is 24.3 Å². The molecule has 0 amide bonds. The quantitative estimate of drug-likeness (QED) is 0.827. The van der Waals surface area contributed by atoms with Crippen LogP contribution in [0.1, 0.15) is 23.7 Å². The average Bonchev–Trinajstić information content (AvgIpc) is 2.95. The molecule has 1 aliphatic rings. The van der Waals surface area contributed by atoms with Gasteiger partial charge in [-0.3, -0.25) is 4.79 Å². The number of hydrogen-bond donors (Lipinski definition) is 1. The van der Waals surface area contributed by atoms with E-state index in [2.05, 4.69) is 5.32 Å². The highest BCUT2D eigenvalue weighted by molar-refractivity contribution is 5.89. The zero-order chi connectivity index (χ0) is 15.2. The first-order valence-corrected chi connectivity index (χ1v) is 6.89. The van der Waals surface area contributed by atoms with Gasteiger partial charge in [-0.1, -0.05) is 6.07 Å². The van der Waals surface area contributed by atoms with Gasteiger partial charge in [0.2, 0.25) is 0 Å². The Morgan fingerprint density at radius 1 is 1.36 bits per heavy atom. The lowest BCUT2D eigenvalue weighted by Gasteiger charge is -2.13. The highest BCUT2D eigenvalue weighted by atomic mass is 35.5. The molecule has 1 fully saturated rings. The van der Waals surface area contributed by atoms with Gasteiger partial charge in [0, 0.05) is 13.0 Å². The summed E-state index contributed by atoms with van der Waals surface area (Å²) in [7, 11) is 1.36. The fourth-order valence-electron chi connectivity index (χ4n) is 2.22. The van der Waals surface area contributed by atoms with E-state index >= 15 is 0 Å². The van der Waals surface area contributed by atoms with Gasteiger partial charge < -0.3 is 19.5 Å². The van der Waals surface area contributed by atoms with Crippen LogP contribution < -0.4 is 10.1 Å². The smallest absolute Gasteiger partial charge is 0.338 e. The van der Waals surface area contributed by atoms with E-state index in [1.54, 1.807) is 31.2 Å². The maximum absolute atomic E-state index is 11.7. The molecule has 2 unspecified atom stereocenters. The Hall–Kier alpha value is -1.79. The number of ether oxygens (including phenoxy) is 3. The number of esters is 2. The molecule has 0 aromatic heterocycles. The Balaban J connectivity index is 0.00000242. The van der Waals surface area contributed by atoms with Gasteiger partial charge in [-0.15, -0.1) is 12.4 Å². The van der Waals surface area contributed by atoms with Crippen LogP contribution in [-0.4, -0.2) is 44.3 Å². The van der Waals surface area contributed by atoms with Crippen LogP contribution in [0.5, 0.6) is 5.75 Å². The topological polar surface area (TPSA) is 73.9 Å². The van der Waals surface area contributed by atoms with Gasteiger partial charge in [-0.2, -0.15) is 0 Å². The molecule has 22 heavy (non-hydrogen) atoms. The number of halogens is 1. The first-order valence-electron chi connectivity index (χ1n) is 6.89. The second kappa shape index (κ2) is 8.60. The van der Waals surface area contributed by atoms with Crippen LogP contribution in [0.25, 0.3) is 0 Å². The van der Waals surface area contributed by atoms with Crippen LogP contribution in [0.4, 0.5) is 0 Å². The van der Waals surface area contributed by atoms with Gasteiger partial charge in [0.15, 0.2) is 0 Å². The van der Waals surface area contributed by atoms with E-state index in [-0.39, 0.29) is 36.5 Å². The van der Waals surface area contributed by atoms with Crippen LogP contribution in [-0.2, 0) is 14.3 Å². The van der Waals surface area contributed by atoms with Gasteiger partial charge in [-0.25, -0.2) is 4.79 Å². The summed E-state index contributed by atoms with van der Waals surface area (Å²) in [5.41, 5.74) is 0.449. The first-order chi connectivity index (χ1) is 10.1. The summed E-state index contributed by atoms with van der Waals surface area (Å²) < 4.78 is 15.4. The molecule has 7 heteroatoms. The fraction of sp³-hybridized carbons (Fsp3) is 0.467. The molecule has 1 aromatic carbocycles. The summed E-state index contributed by atoms with van der Waals surface area (Å²) in [5.74, 6) is -0.0841. The van der Waals surface area contributed by atoms with E-state index in [0.717, 1.165) is 0 Å². The summed E-state index contributed by atoms with van der Waals surface area (Å²) in [4.78, 5) is 23.1. The minimum atomic E-state index is -0.375. The Labute approximate surface area is 135 Å². The lowest BCUT2D eigenvalue weighted by molar-refractivity contribution is -0.142. The van der Waals surface area contributed by atoms with E-state index in [0.29, 0.717) is 30.9 Å². The van der Waals surface area contributed by atoms with Crippen molar-refractivity contribution in [3.8, 4) is 5.75 Å². The van der Waals surface area contributed by atoms with Crippen LogP contribution >= 0.6 is 12.4 Å². The van der Waals surface area contributed by atoms with Crippen LogP contribution in [0, 0.1) is 0 Å². The Bertz CT molecular complexity index is 522. The molecular formula is C15H20ClNO5. The number of nitrogens with one attached hydrogen (secondary N) is 1. The molecule has 122 valence electrons. The monoisotopic (exact) mass is 329 g/mol. The third-order valence-corrected chi connectivity index (χ3v) is 3.22. The molecule has 0 spiro atoms. The number of carbonyl (C=O) groups is 2. The van der Waals surface area contributed by atoms with E-state index < -0.39 is 0 Å². The van der Waals surface area contributed by atoms with Crippen molar-refractivity contribution in [3.63, 3.8) is 0 Å². The first kappa shape index (κ1) is 18.3. The molecule has 1 heterocycles. The van der Waals surface area contributed by atoms with Crippen molar-refractivity contribution in [2.24, 2.45) is 0 Å². The number of carbonyl (C=O) groups excluding carboxylic acids is 2. The zero-order valence-corrected chi connectivity index (χ0v) is 13.4. The van der Waals surface area contributed by atoms with Gasteiger partial charge in [0.1, 0.15) is 17.9 Å². The number of benzene rings is 1. The minimum Gasteiger partial charge on any atom is -0.489 e. The molecule has 2 rings (SSSR count). The van der Waals surface area contributed by atoms with E-state index in [1.165, 1.54) is 7.11 Å². The summed E-state index contributed by atoms with van der Waals surface area (Å²) in [6, 6.07) is 6.49. The maximum atomic E-state index is 11.7. The molecule has 1 aromatic rings. The van der Waals surface area contributed by atoms with Crippen LogP contribution in [0.2, 0.25) is 0 Å². The van der Waals surface area contributed by atoms with Gasteiger partial charge in [-0.05, 0) is 25.1 Å². The van der Waals surface area contributed by atoms with Crippen LogP contribution in [0.15, 0.2) is 24.3 Å². The molecule has 1 saturated heterocycles. The summed E-state index contributed by atoms with van der Waals surface area (Å²) in [5, 5.41) is 3.04. The summed E-state index contributed by atoms with van der Waals surface area (Å²) in [6.07, 6.45) is 0.405. The third-order valence-electron chi connectivity index (χ3n) is 3.22. The second-order valence-corrected chi connectivity index (χ2v) is 4.71. The van der Waals surface area contributed by atoms with Crippen molar-refractivity contribution in [2.75, 3.05) is 20.3 Å². The Morgan fingerprint density at radius 2 is 2.14 bits per heavy atom. The van der Waals surface area contributed by atoms with Crippen molar-refractivity contribution in [1.29, 1.82) is 0 Å². The number of rotatable bonds is 5. The Morgan fingerprint density at radius 3 is 2.82 bits per heavy atom. The highest BCUT2D eigenvalue weighted by Crippen LogP contribution is 2.19. The summed E-state index contributed by atoms with van der Waals surface area (Å²) in [6.45, 7) is 2.65. The number of hydrogen-bond acceptors (Lipinski definition) is 6. The molecular weight excluding hydrogens is 310 g/mol. The van der Waals surface area contributed by atoms with E-state index in [9.17, 15) is 9.59 Å². The highest BCUT2D eigenvalue weighted by Gasteiger charge is 2.31. The maximum Gasteiger partial charge on any atom is 0.338 e. The molecule has 1 N–H and O–H groups in total. The van der Waals surface area contributed by atoms with Crippen molar-refractivity contribution < 1.29 is 23.8 Å². The normalized spacial score (nSPS) is 19.9. The predicted octanol–water partition coefficient (Wildman–Crippen LogP) is 1.57. The molecule has 0 radical (unpaired) electrons. The lowest BCUT2D eigenvalue weighted by Crippen LogP contribution is -2.31.